The monoisotopic (exact) mass is 690 g/mol. The van der Waals surface area contributed by atoms with Crippen LogP contribution in [0.1, 0.15) is 52.0 Å². The molecule has 3 aliphatic rings. The Kier molecular flexibility index (Phi) is 8.70. The van der Waals surface area contributed by atoms with Crippen LogP contribution in [0.3, 0.4) is 0 Å². The highest BCUT2D eigenvalue weighted by molar-refractivity contribution is 6.00. The maximum atomic E-state index is 14.9. The van der Waals surface area contributed by atoms with Gasteiger partial charge in [-0.05, 0) is 72.7 Å². The van der Waals surface area contributed by atoms with Gasteiger partial charge >= 0.3 is 12.1 Å². The number of methoxy groups -OCH3 is 1. The molecular formula is C35H29F7N2O5. The molecule has 7 nitrogen and oxygen atoms in total. The van der Waals surface area contributed by atoms with Gasteiger partial charge in [0.1, 0.15) is 17.4 Å². The fourth-order valence-corrected chi connectivity index (χ4v) is 7.33. The van der Waals surface area contributed by atoms with Crippen LogP contribution in [0.15, 0.2) is 66.2 Å². The zero-order valence-corrected chi connectivity index (χ0v) is 25.7. The number of fused-ring (bicyclic) bond motifs is 2. The third-order valence-electron chi connectivity index (χ3n) is 9.56. The van der Waals surface area contributed by atoms with Gasteiger partial charge < -0.3 is 20.5 Å². The number of carboxylic acids is 1. The maximum Gasteiger partial charge on any atom is 0.419 e. The quantitative estimate of drug-likeness (QED) is 0.166. The number of anilines is 1. The van der Waals surface area contributed by atoms with E-state index >= 15 is 0 Å². The number of hydrogen-bond donors (Lipinski definition) is 3. The lowest BCUT2D eigenvalue weighted by molar-refractivity contribution is -0.140. The summed E-state index contributed by atoms with van der Waals surface area (Å²) >= 11 is 0. The lowest BCUT2D eigenvalue weighted by atomic mass is 9.79. The third kappa shape index (κ3) is 6.60. The van der Waals surface area contributed by atoms with Crippen molar-refractivity contribution in [2.24, 2.45) is 23.7 Å². The predicted octanol–water partition coefficient (Wildman–Crippen LogP) is 7.72. The predicted molar refractivity (Wildman–Crippen MR) is 162 cm³/mol. The lowest BCUT2D eigenvalue weighted by Gasteiger charge is -2.33. The fourth-order valence-electron chi connectivity index (χ4n) is 7.33. The second-order valence-electron chi connectivity index (χ2n) is 12.6. The van der Waals surface area contributed by atoms with E-state index in [4.69, 9.17) is 4.74 Å². The van der Waals surface area contributed by atoms with Gasteiger partial charge in [0.25, 0.3) is 5.91 Å². The van der Waals surface area contributed by atoms with E-state index in [-0.39, 0.29) is 46.5 Å². The number of nitrogens with one attached hydrogen (secondary N) is 2. The molecule has 0 aromatic heterocycles. The summed E-state index contributed by atoms with van der Waals surface area (Å²) in [6, 6.07) is 8.62. The number of aromatic carboxylic acids is 1. The molecular weight excluding hydrogens is 661 g/mol. The first-order valence-corrected chi connectivity index (χ1v) is 15.4. The molecule has 3 N–H and O–H groups in total. The van der Waals surface area contributed by atoms with Gasteiger partial charge in [-0.1, -0.05) is 23.8 Å². The van der Waals surface area contributed by atoms with E-state index in [1.54, 1.807) is 6.08 Å². The second-order valence-corrected chi connectivity index (χ2v) is 12.6. The second kappa shape index (κ2) is 12.5. The van der Waals surface area contributed by atoms with Gasteiger partial charge in [0, 0.05) is 36.1 Å². The van der Waals surface area contributed by atoms with Crippen molar-refractivity contribution in [1.82, 2.24) is 5.32 Å². The number of carbonyl (C=O) groups excluding carboxylic acids is 2. The summed E-state index contributed by atoms with van der Waals surface area (Å²) in [5, 5.41) is 14.5. The average molecular weight is 691 g/mol. The summed E-state index contributed by atoms with van der Waals surface area (Å²) in [5.74, 6) is -10.3. The van der Waals surface area contributed by atoms with Gasteiger partial charge in [0.05, 0.1) is 29.7 Å². The Morgan fingerprint density at radius 1 is 0.939 bits per heavy atom. The highest BCUT2D eigenvalue weighted by Crippen LogP contribution is 2.55. The number of hydrogen-bond acceptors (Lipinski definition) is 4. The van der Waals surface area contributed by atoms with Gasteiger partial charge in [-0.15, -0.1) is 0 Å². The molecule has 258 valence electrons. The number of rotatable bonds is 8. The molecule has 2 unspecified atom stereocenters. The van der Waals surface area contributed by atoms with Crippen molar-refractivity contribution in [2.45, 2.75) is 43.8 Å². The molecule has 3 aliphatic carbocycles. The molecule has 3 saturated carbocycles. The molecule has 0 aliphatic heterocycles. The van der Waals surface area contributed by atoms with E-state index in [1.165, 1.54) is 37.4 Å². The molecule has 0 spiro atoms. The molecule has 2 amide bonds. The minimum atomic E-state index is -5.02. The van der Waals surface area contributed by atoms with Crippen molar-refractivity contribution in [3.8, 4) is 16.9 Å². The zero-order chi connectivity index (χ0) is 35.4. The number of carbonyl (C=O) groups is 3. The molecule has 14 heteroatoms. The largest absolute Gasteiger partial charge is 0.496 e. The van der Waals surface area contributed by atoms with Crippen molar-refractivity contribution < 1.29 is 55.0 Å². The molecule has 4 atom stereocenters. The van der Waals surface area contributed by atoms with Crippen molar-refractivity contribution in [3.63, 3.8) is 0 Å². The first-order chi connectivity index (χ1) is 23.1. The summed E-state index contributed by atoms with van der Waals surface area (Å²) in [5.41, 5.74) is -1.30. The van der Waals surface area contributed by atoms with Crippen LogP contribution in [0.2, 0.25) is 0 Å². The van der Waals surface area contributed by atoms with Crippen LogP contribution >= 0.6 is 0 Å². The molecule has 3 fully saturated rings. The van der Waals surface area contributed by atoms with Gasteiger partial charge in [-0.2, -0.15) is 13.2 Å². The number of carboxylic acid groups (broad SMARTS) is 1. The summed E-state index contributed by atoms with van der Waals surface area (Å²) in [6.45, 7) is 0. The summed E-state index contributed by atoms with van der Waals surface area (Å²) < 4.78 is 102. The Morgan fingerprint density at radius 2 is 1.65 bits per heavy atom. The number of benzene rings is 3. The number of allylic oxidation sites excluding steroid dienone is 1. The highest BCUT2D eigenvalue weighted by Gasteiger charge is 2.56. The lowest BCUT2D eigenvalue weighted by Crippen LogP contribution is -2.48. The van der Waals surface area contributed by atoms with Gasteiger partial charge in [-0.25, -0.2) is 22.4 Å². The van der Waals surface area contributed by atoms with Crippen molar-refractivity contribution in [3.05, 3.63) is 94.6 Å². The van der Waals surface area contributed by atoms with Crippen molar-refractivity contribution >= 4 is 23.5 Å². The van der Waals surface area contributed by atoms with E-state index in [2.05, 4.69) is 10.6 Å². The first-order valence-electron chi connectivity index (χ1n) is 15.4. The number of amides is 2. The van der Waals surface area contributed by atoms with Crippen LogP contribution in [0.4, 0.5) is 36.4 Å². The van der Waals surface area contributed by atoms with Crippen molar-refractivity contribution in [2.75, 3.05) is 12.4 Å². The van der Waals surface area contributed by atoms with Gasteiger partial charge in [0.15, 0.2) is 0 Å². The number of halogens is 7. The Labute approximate surface area is 275 Å². The minimum absolute atomic E-state index is 0.000996. The molecule has 0 heterocycles. The molecule has 49 heavy (non-hydrogen) atoms. The summed E-state index contributed by atoms with van der Waals surface area (Å²) in [7, 11) is 1.30. The summed E-state index contributed by atoms with van der Waals surface area (Å²) in [6.07, 6.45) is -3.08. The topological polar surface area (TPSA) is 105 Å². The van der Waals surface area contributed by atoms with Crippen LogP contribution in [0, 0.1) is 35.3 Å². The molecule has 6 rings (SSSR count). The molecule has 2 bridgehead atoms. The average Bonchev–Trinajstić information content (AvgIpc) is 3.54. The van der Waals surface area contributed by atoms with Gasteiger partial charge in [0.2, 0.25) is 11.8 Å². The minimum Gasteiger partial charge on any atom is -0.496 e. The Morgan fingerprint density at radius 3 is 2.29 bits per heavy atom. The maximum absolute atomic E-state index is 14.9. The van der Waals surface area contributed by atoms with Crippen LogP contribution in [-0.4, -0.2) is 42.0 Å². The van der Waals surface area contributed by atoms with Crippen LogP contribution in [0.5, 0.6) is 5.75 Å². The first kappa shape index (κ1) is 34.0. The third-order valence-corrected chi connectivity index (χ3v) is 9.56. The smallest absolute Gasteiger partial charge is 0.419 e. The normalized spacial score (nSPS) is 23.6. The number of alkyl halides is 5. The van der Waals surface area contributed by atoms with E-state index in [0.29, 0.717) is 30.5 Å². The van der Waals surface area contributed by atoms with E-state index in [9.17, 15) is 50.2 Å². The SMILES string of the molecule is COc1ccc(-c2ccc(C(=O)O)cc2F)cc1C(=O)N[C@@H]1C2CCC(/C2=C/C2CC(F)(F)C2)[C@@H]1C(=O)Nc1ccc(F)c(C(F)(F)F)c1. The molecule has 3 aromatic rings. The van der Waals surface area contributed by atoms with Crippen LogP contribution in [-0.2, 0) is 11.0 Å². The Bertz CT molecular complexity index is 1870. The highest BCUT2D eigenvalue weighted by atomic mass is 19.4. The zero-order valence-electron chi connectivity index (χ0n) is 25.7. The van der Waals surface area contributed by atoms with E-state index < -0.39 is 76.8 Å². The van der Waals surface area contributed by atoms with E-state index in [0.717, 1.165) is 12.1 Å². The Balaban J connectivity index is 1.32. The standard InChI is InChI=1S/C35H29F7N2O5/c1-49-28-9-3-17(20-5-2-18(33(47)48)12-27(20)37)11-24(28)31(45)44-30-22-7-6-21(23(22)10-16-14-34(38,39)15-16)29(30)32(46)43-19-4-8-26(36)25(13-19)35(40,41)42/h2-5,8-13,16,21-22,29-30H,6-7,14-15H2,1H3,(H,43,46)(H,44,45)(H,47,48)/b23-10-/t21?,22?,29-,30+/m0/s1. The van der Waals surface area contributed by atoms with Crippen LogP contribution in [0.25, 0.3) is 11.1 Å². The summed E-state index contributed by atoms with van der Waals surface area (Å²) in [4.78, 5) is 38.9. The van der Waals surface area contributed by atoms with Gasteiger partial charge in [-0.3, -0.25) is 9.59 Å². The van der Waals surface area contributed by atoms with Crippen LogP contribution < -0.4 is 15.4 Å². The van der Waals surface area contributed by atoms with Crippen molar-refractivity contribution in [1.29, 1.82) is 0 Å². The number of ether oxygens (including phenoxy) is 1. The fraction of sp³-hybridized carbons (Fsp3) is 0.343. The molecule has 0 saturated heterocycles. The molecule has 0 radical (unpaired) electrons. The van der Waals surface area contributed by atoms with E-state index in [1.807, 2.05) is 0 Å². The Hall–Kier alpha value is -4.88. The molecule has 3 aromatic carbocycles.